The van der Waals surface area contributed by atoms with Gasteiger partial charge in [-0.15, -0.1) is 0 Å². The zero-order chi connectivity index (χ0) is 19.9. The minimum atomic E-state index is -0.379. The number of piperidine rings is 1. The Morgan fingerprint density at radius 2 is 2.04 bits per heavy atom. The average Bonchev–Trinajstić information content (AvgIpc) is 2.71. The molecule has 1 aliphatic rings. The SMILES string of the molecule is COc1ccc2c(C)c(CCC(=O)NCCCN3CCCCC3)c(=O)oc2c1. The highest BCUT2D eigenvalue weighted by molar-refractivity contribution is 5.82. The summed E-state index contributed by atoms with van der Waals surface area (Å²) in [7, 11) is 1.58. The van der Waals surface area contributed by atoms with E-state index in [2.05, 4.69) is 10.2 Å². The van der Waals surface area contributed by atoms with Gasteiger partial charge in [0, 0.05) is 30.0 Å². The molecule has 0 atom stereocenters. The molecule has 28 heavy (non-hydrogen) atoms. The minimum absolute atomic E-state index is 0.0210. The maximum Gasteiger partial charge on any atom is 0.339 e. The van der Waals surface area contributed by atoms with E-state index in [9.17, 15) is 9.59 Å². The maximum absolute atomic E-state index is 12.4. The molecule has 152 valence electrons. The van der Waals surface area contributed by atoms with Gasteiger partial charge in [0.15, 0.2) is 0 Å². The number of ether oxygens (including phenoxy) is 1. The van der Waals surface area contributed by atoms with Gasteiger partial charge in [-0.25, -0.2) is 4.79 Å². The fourth-order valence-electron chi connectivity index (χ4n) is 3.83. The molecule has 6 nitrogen and oxygen atoms in total. The second kappa shape index (κ2) is 9.73. The zero-order valence-electron chi connectivity index (χ0n) is 16.9. The first kappa shape index (κ1) is 20.4. The third-order valence-corrected chi connectivity index (χ3v) is 5.52. The molecule has 1 amide bonds. The Hall–Kier alpha value is -2.34. The Balaban J connectivity index is 1.51. The van der Waals surface area contributed by atoms with Crippen LogP contribution in [0.2, 0.25) is 0 Å². The number of nitrogens with zero attached hydrogens (tertiary/aromatic N) is 1. The van der Waals surface area contributed by atoms with E-state index in [0.717, 1.165) is 23.9 Å². The minimum Gasteiger partial charge on any atom is -0.497 e. The first-order valence-corrected chi connectivity index (χ1v) is 10.2. The van der Waals surface area contributed by atoms with Crippen LogP contribution >= 0.6 is 0 Å². The number of carbonyl (C=O) groups excluding carboxylic acids is 1. The third kappa shape index (κ3) is 5.13. The van der Waals surface area contributed by atoms with Crippen molar-refractivity contribution in [3.05, 3.63) is 39.7 Å². The van der Waals surface area contributed by atoms with Crippen molar-refractivity contribution in [2.75, 3.05) is 33.3 Å². The van der Waals surface area contributed by atoms with Gasteiger partial charge in [-0.2, -0.15) is 0 Å². The van der Waals surface area contributed by atoms with E-state index in [1.54, 1.807) is 13.2 Å². The summed E-state index contributed by atoms with van der Waals surface area (Å²) in [4.78, 5) is 27.0. The summed E-state index contributed by atoms with van der Waals surface area (Å²) in [6.07, 6.45) is 5.54. The number of hydrogen-bond acceptors (Lipinski definition) is 5. The summed E-state index contributed by atoms with van der Waals surface area (Å²) in [6.45, 7) is 5.98. The molecule has 0 spiro atoms. The molecule has 0 aliphatic carbocycles. The predicted octanol–water partition coefficient (Wildman–Crippen LogP) is 3.03. The highest BCUT2D eigenvalue weighted by Crippen LogP contribution is 2.24. The molecule has 0 saturated carbocycles. The van der Waals surface area contributed by atoms with Gasteiger partial charge in [-0.05, 0) is 69.9 Å². The molecule has 1 aromatic carbocycles. The quantitative estimate of drug-likeness (QED) is 0.558. The molecule has 2 aromatic rings. The standard InChI is InChI=1S/C22H30N2O4/c1-16-18-8-7-17(27-2)15-20(18)28-22(26)19(16)9-10-21(25)23-11-6-14-24-12-4-3-5-13-24/h7-8,15H,3-6,9-14H2,1-2H3,(H,23,25). The number of benzene rings is 1. The number of rotatable bonds is 8. The molecule has 1 N–H and O–H groups in total. The van der Waals surface area contributed by atoms with Gasteiger partial charge in [0.25, 0.3) is 0 Å². The molecule has 2 heterocycles. The van der Waals surface area contributed by atoms with Crippen molar-refractivity contribution in [2.45, 2.75) is 45.4 Å². The molecule has 6 heteroatoms. The molecule has 0 bridgehead atoms. The van der Waals surface area contributed by atoms with Gasteiger partial charge in [0.2, 0.25) is 5.91 Å². The van der Waals surface area contributed by atoms with E-state index >= 15 is 0 Å². The monoisotopic (exact) mass is 386 g/mol. The van der Waals surface area contributed by atoms with Crippen LogP contribution in [0.4, 0.5) is 0 Å². The molecule has 0 radical (unpaired) electrons. The summed E-state index contributed by atoms with van der Waals surface area (Å²) >= 11 is 0. The molecule has 0 unspecified atom stereocenters. The Labute approximate surface area is 165 Å². The number of carbonyl (C=O) groups is 1. The second-order valence-electron chi connectivity index (χ2n) is 7.46. The van der Waals surface area contributed by atoms with Crippen LogP contribution in [0.25, 0.3) is 11.0 Å². The van der Waals surface area contributed by atoms with Crippen molar-refractivity contribution < 1.29 is 13.9 Å². The van der Waals surface area contributed by atoms with Gasteiger partial charge in [0.05, 0.1) is 7.11 Å². The van der Waals surface area contributed by atoms with Crippen LogP contribution in [0.3, 0.4) is 0 Å². The van der Waals surface area contributed by atoms with Gasteiger partial charge >= 0.3 is 5.63 Å². The van der Waals surface area contributed by atoms with Crippen molar-refractivity contribution in [3.8, 4) is 5.75 Å². The number of aryl methyl sites for hydroxylation is 1. The summed E-state index contributed by atoms with van der Waals surface area (Å²) in [5, 5.41) is 3.84. The van der Waals surface area contributed by atoms with E-state index in [0.29, 0.717) is 29.9 Å². The smallest absolute Gasteiger partial charge is 0.339 e. The lowest BCUT2D eigenvalue weighted by Gasteiger charge is -2.26. The Kier molecular flexibility index (Phi) is 7.09. The number of nitrogens with one attached hydrogen (secondary N) is 1. The lowest BCUT2D eigenvalue weighted by molar-refractivity contribution is -0.121. The van der Waals surface area contributed by atoms with Crippen LogP contribution in [-0.4, -0.2) is 44.1 Å². The van der Waals surface area contributed by atoms with Gasteiger partial charge < -0.3 is 19.4 Å². The number of methoxy groups -OCH3 is 1. The Morgan fingerprint density at radius 1 is 1.25 bits per heavy atom. The van der Waals surface area contributed by atoms with Crippen molar-refractivity contribution in [1.82, 2.24) is 10.2 Å². The first-order chi connectivity index (χ1) is 13.6. The van der Waals surface area contributed by atoms with Gasteiger partial charge in [-0.1, -0.05) is 6.42 Å². The lowest BCUT2D eigenvalue weighted by Crippen LogP contribution is -2.33. The molecule has 1 aliphatic heterocycles. The van der Waals surface area contributed by atoms with Crippen LogP contribution < -0.4 is 15.7 Å². The van der Waals surface area contributed by atoms with Crippen molar-refractivity contribution >= 4 is 16.9 Å². The Morgan fingerprint density at radius 3 is 2.79 bits per heavy atom. The van der Waals surface area contributed by atoms with E-state index in [4.69, 9.17) is 9.15 Å². The fraction of sp³-hybridized carbons (Fsp3) is 0.545. The van der Waals surface area contributed by atoms with Crippen molar-refractivity contribution in [2.24, 2.45) is 0 Å². The summed E-state index contributed by atoms with van der Waals surface area (Å²) < 4.78 is 10.6. The average molecular weight is 386 g/mol. The second-order valence-corrected chi connectivity index (χ2v) is 7.46. The van der Waals surface area contributed by atoms with Crippen LogP contribution in [-0.2, 0) is 11.2 Å². The van der Waals surface area contributed by atoms with Crippen LogP contribution in [0.15, 0.2) is 27.4 Å². The van der Waals surface area contributed by atoms with Crippen LogP contribution in [0.1, 0.15) is 43.2 Å². The van der Waals surface area contributed by atoms with Crippen molar-refractivity contribution in [1.29, 1.82) is 0 Å². The predicted molar refractivity (Wildman–Crippen MR) is 110 cm³/mol. The Bertz CT molecular complexity index is 869. The van der Waals surface area contributed by atoms with Crippen LogP contribution in [0.5, 0.6) is 5.75 Å². The molecular formula is C22H30N2O4. The molecular weight excluding hydrogens is 356 g/mol. The van der Waals surface area contributed by atoms with Gasteiger partial charge in [0.1, 0.15) is 11.3 Å². The highest BCUT2D eigenvalue weighted by atomic mass is 16.5. The number of amides is 1. The lowest BCUT2D eigenvalue weighted by atomic mass is 10.0. The molecule has 1 saturated heterocycles. The maximum atomic E-state index is 12.4. The molecule has 1 fully saturated rings. The van der Waals surface area contributed by atoms with E-state index < -0.39 is 0 Å². The normalized spacial score (nSPS) is 14.9. The first-order valence-electron chi connectivity index (χ1n) is 10.2. The zero-order valence-corrected chi connectivity index (χ0v) is 16.9. The number of hydrogen-bond donors (Lipinski definition) is 1. The fourth-order valence-corrected chi connectivity index (χ4v) is 3.83. The van der Waals surface area contributed by atoms with Gasteiger partial charge in [-0.3, -0.25) is 4.79 Å². The number of fused-ring (bicyclic) bond motifs is 1. The summed E-state index contributed by atoms with van der Waals surface area (Å²) in [5.74, 6) is 0.624. The van der Waals surface area contributed by atoms with E-state index in [-0.39, 0.29) is 18.0 Å². The molecule has 1 aromatic heterocycles. The summed E-state index contributed by atoms with van der Waals surface area (Å²) in [5.41, 5.74) is 1.57. The topological polar surface area (TPSA) is 71.8 Å². The summed E-state index contributed by atoms with van der Waals surface area (Å²) in [6, 6.07) is 5.44. The largest absolute Gasteiger partial charge is 0.497 e. The number of likely N-dealkylation sites (tertiary alicyclic amines) is 1. The van der Waals surface area contributed by atoms with E-state index in [1.165, 1.54) is 32.4 Å². The molecule has 3 rings (SSSR count). The third-order valence-electron chi connectivity index (χ3n) is 5.52. The van der Waals surface area contributed by atoms with Crippen molar-refractivity contribution in [3.63, 3.8) is 0 Å². The van der Waals surface area contributed by atoms with Crippen LogP contribution in [0, 0.1) is 6.92 Å². The highest BCUT2D eigenvalue weighted by Gasteiger charge is 2.14. The van der Waals surface area contributed by atoms with E-state index in [1.807, 2.05) is 19.1 Å².